The summed E-state index contributed by atoms with van der Waals surface area (Å²) in [5, 5.41) is 0. The van der Waals surface area contributed by atoms with Crippen molar-refractivity contribution in [3.8, 4) is 17.0 Å². The number of hydrogen-bond acceptors (Lipinski definition) is 3. The highest BCUT2D eigenvalue weighted by molar-refractivity contribution is 5.61. The first kappa shape index (κ1) is 17.1. The molecule has 1 heterocycles. The molecule has 2 aromatic rings. The van der Waals surface area contributed by atoms with E-state index >= 15 is 0 Å². The number of methoxy groups -OCH3 is 1. The predicted octanol–water partition coefficient (Wildman–Crippen LogP) is 3.11. The van der Waals surface area contributed by atoms with Gasteiger partial charge in [-0.2, -0.15) is 0 Å². The van der Waals surface area contributed by atoms with Gasteiger partial charge in [0.2, 0.25) is 0 Å². The van der Waals surface area contributed by atoms with Crippen LogP contribution < -0.4 is 10.3 Å². The minimum atomic E-state index is -2.59. The van der Waals surface area contributed by atoms with E-state index in [0.717, 1.165) is 4.57 Å². The number of halogens is 2. The summed E-state index contributed by atoms with van der Waals surface area (Å²) in [7, 11) is 1.59. The van der Waals surface area contributed by atoms with Crippen LogP contribution in [0.1, 0.15) is 5.56 Å². The molecule has 0 aliphatic heterocycles. The molecule has 23 heavy (non-hydrogen) atoms. The summed E-state index contributed by atoms with van der Waals surface area (Å²) in [6.07, 6.45) is -2.59. The van der Waals surface area contributed by atoms with E-state index in [4.69, 9.17) is 9.47 Å². The van der Waals surface area contributed by atoms with Crippen molar-refractivity contribution in [2.45, 2.75) is 19.9 Å². The lowest BCUT2D eigenvalue weighted by molar-refractivity contribution is 0.126. The Kier molecular flexibility index (Phi) is 5.87. The fourth-order valence-corrected chi connectivity index (χ4v) is 2.22. The molecule has 0 aliphatic rings. The second-order valence-electron chi connectivity index (χ2n) is 5.07. The summed E-state index contributed by atoms with van der Waals surface area (Å²) in [4.78, 5) is 12.1. The van der Waals surface area contributed by atoms with Crippen molar-refractivity contribution in [2.75, 3.05) is 20.3 Å². The van der Waals surface area contributed by atoms with Crippen LogP contribution in [0.25, 0.3) is 11.3 Å². The van der Waals surface area contributed by atoms with Crippen molar-refractivity contribution in [1.82, 2.24) is 4.57 Å². The van der Waals surface area contributed by atoms with Crippen LogP contribution in [-0.4, -0.2) is 31.3 Å². The molecule has 124 valence electrons. The van der Waals surface area contributed by atoms with E-state index in [0.29, 0.717) is 35.8 Å². The molecule has 0 N–H and O–H groups in total. The van der Waals surface area contributed by atoms with E-state index < -0.39 is 18.5 Å². The molecule has 0 aliphatic carbocycles. The number of hydrogen-bond donors (Lipinski definition) is 0. The monoisotopic (exact) mass is 323 g/mol. The quantitative estimate of drug-likeness (QED) is 0.735. The zero-order valence-electron chi connectivity index (χ0n) is 13.1. The van der Waals surface area contributed by atoms with Gasteiger partial charge in [-0.25, -0.2) is 8.78 Å². The molecule has 0 amide bonds. The zero-order valence-corrected chi connectivity index (χ0v) is 13.1. The summed E-state index contributed by atoms with van der Waals surface area (Å²) >= 11 is 0. The maximum atomic E-state index is 12.8. The Morgan fingerprint density at radius 3 is 2.39 bits per heavy atom. The third kappa shape index (κ3) is 4.39. The second-order valence-corrected chi connectivity index (χ2v) is 5.07. The van der Waals surface area contributed by atoms with Gasteiger partial charge in [0, 0.05) is 12.7 Å². The molecule has 0 unspecified atom stereocenters. The van der Waals surface area contributed by atoms with Crippen LogP contribution in [0.5, 0.6) is 5.75 Å². The van der Waals surface area contributed by atoms with Gasteiger partial charge in [-0.05, 0) is 42.8 Å². The Labute approximate surface area is 133 Å². The number of pyridine rings is 1. The van der Waals surface area contributed by atoms with Crippen LogP contribution in [0.3, 0.4) is 0 Å². The minimum Gasteiger partial charge on any atom is -0.491 e. The standard InChI is InChI=1S/C17H19F2NO3/c1-12-3-8-15(20(17(12)21)11-16(18)19)13-4-6-14(7-5-13)23-10-9-22-2/h3-8,16H,9-11H2,1-2H3. The molecule has 4 nitrogen and oxygen atoms in total. The van der Waals surface area contributed by atoms with Crippen LogP contribution in [0, 0.1) is 6.92 Å². The van der Waals surface area contributed by atoms with Crippen LogP contribution in [0.15, 0.2) is 41.2 Å². The first-order chi connectivity index (χ1) is 11.0. The number of aryl methyl sites for hydroxylation is 1. The molecule has 0 saturated carbocycles. The minimum absolute atomic E-state index is 0.400. The fourth-order valence-electron chi connectivity index (χ4n) is 2.22. The Bertz CT molecular complexity index is 696. The molecular weight excluding hydrogens is 304 g/mol. The summed E-state index contributed by atoms with van der Waals surface area (Å²) in [5.74, 6) is 0.653. The molecule has 0 atom stereocenters. The normalized spacial score (nSPS) is 11.0. The third-order valence-electron chi connectivity index (χ3n) is 3.39. The van der Waals surface area contributed by atoms with Gasteiger partial charge in [0.15, 0.2) is 0 Å². The number of alkyl halides is 2. The van der Waals surface area contributed by atoms with Crippen LogP contribution in [0.4, 0.5) is 8.78 Å². The van der Waals surface area contributed by atoms with Crippen molar-refractivity contribution < 1.29 is 18.3 Å². The highest BCUT2D eigenvalue weighted by Gasteiger charge is 2.13. The Balaban J connectivity index is 2.31. The van der Waals surface area contributed by atoms with Gasteiger partial charge in [0.25, 0.3) is 12.0 Å². The van der Waals surface area contributed by atoms with E-state index in [-0.39, 0.29) is 0 Å². The topological polar surface area (TPSA) is 40.5 Å². The van der Waals surface area contributed by atoms with Gasteiger partial charge in [-0.3, -0.25) is 4.79 Å². The molecule has 0 radical (unpaired) electrons. The van der Waals surface area contributed by atoms with E-state index in [9.17, 15) is 13.6 Å². The maximum absolute atomic E-state index is 12.8. The average molecular weight is 323 g/mol. The summed E-state index contributed by atoms with van der Waals surface area (Å²) < 4.78 is 37.0. The second kappa shape index (κ2) is 7.87. The predicted molar refractivity (Wildman–Crippen MR) is 84.3 cm³/mol. The van der Waals surface area contributed by atoms with Gasteiger partial charge in [-0.15, -0.1) is 0 Å². The highest BCUT2D eigenvalue weighted by atomic mass is 19.3. The number of rotatable bonds is 7. The molecule has 0 saturated heterocycles. The Morgan fingerprint density at radius 2 is 1.78 bits per heavy atom. The van der Waals surface area contributed by atoms with Crippen molar-refractivity contribution in [3.63, 3.8) is 0 Å². The maximum Gasteiger partial charge on any atom is 0.256 e. The van der Waals surface area contributed by atoms with E-state index in [1.807, 2.05) is 0 Å². The lowest BCUT2D eigenvalue weighted by atomic mass is 10.1. The number of benzene rings is 1. The van der Waals surface area contributed by atoms with Gasteiger partial charge >= 0.3 is 0 Å². The van der Waals surface area contributed by atoms with Gasteiger partial charge in [0.05, 0.1) is 18.8 Å². The van der Waals surface area contributed by atoms with Gasteiger partial charge in [-0.1, -0.05) is 6.07 Å². The number of ether oxygens (including phenoxy) is 2. The first-order valence-corrected chi connectivity index (χ1v) is 7.23. The molecule has 1 aromatic carbocycles. The molecule has 0 bridgehead atoms. The van der Waals surface area contributed by atoms with Crippen LogP contribution in [-0.2, 0) is 11.3 Å². The molecule has 2 rings (SSSR count). The van der Waals surface area contributed by atoms with E-state index in [1.54, 1.807) is 50.4 Å². The van der Waals surface area contributed by atoms with Crippen LogP contribution in [0.2, 0.25) is 0 Å². The van der Waals surface area contributed by atoms with Gasteiger partial charge in [0.1, 0.15) is 12.4 Å². The molecule has 1 aromatic heterocycles. The summed E-state index contributed by atoms with van der Waals surface area (Å²) in [6, 6.07) is 10.3. The Morgan fingerprint density at radius 1 is 1.09 bits per heavy atom. The summed E-state index contributed by atoms with van der Waals surface area (Å²) in [6.45, 7) is 1.90. The van der Waals surface area contributed by atoms with Crippen molar-refractivity contribution in [2.24, 2.45) is 0 Å². The third-order valence-corrected chi connectivity index (χ3v) is 3.39. The van der Waals surface area contributed by atoms with Crippen molar-refractivity contribution in [1.29, 1.82) is 0 Å². The SMILES string of the molecule is COCCOc1ccc(-c2ccc(C)c(=O)n2CC(F)F)cc1. The number of aromatic nitrogens is 1. The van der Waals surface area contributed by atoms with Crippen molar-refractivity contribution in [3.05, 3.63) is 52.3 Å². The lowest BCUT2D eigenvalue weighted by Crippen LogP contribution is -2.26. The first-order valence-electron chi connectivity index (χ1n) is 7.23. The van der Waals surface area contributed by atoms with E-state index in [2.05, 4.69) is 0 Å². The molecule has 0 fully saturated rings. The highest BCUT2D eigenvalue weighted by Crippen LogP contribution is 2.22. The number of nitrogens with zero attached hydrogens (tertiary/aromatic N) is 1. The summed E-state index contributed by atoms with van der Waals surface area (Å²) in [5.41, 5.74) is 1.18. The Hall–Kier alpha value is -2.21. The van der Waals surface area contributed by atoms with Crippen LogP contribution >= 0.6 is 0 Å². The van der Waals surface area contributed by atoms with Crippen molar-refractivity contribution >= 4 is 0 Å². The largest absolute Gasteiger partial charge is 0.491 e. The molecule has 0 spiro atoms. The molecule has 6 heteroatoms. The lowest BCUT2D eigenvalue weighted by Gasteiger charge is -2.14. The zero-order chi connectivity index (χ0) is 16.8. The average Bonchev–Trinajstić information content (AvgIpc) is 2.53. The molecular formula is C17H19F2NO3. The fraction of sp³-hybridized carbons (Fsp3) is 0.353. The smallest absolute Gasteiger partial charge is 0.256 e. The van der Waals surface area contributed by atoms with E-state index in [1.165, 1.54) is 0 Å². The van der Waals surface area contributed by atoms with Gasteiger partial charge < -0.3 is 14.0 Å².